The van der Waals surface area contributed by atoms with Crippen molar-refractivity contribution >= 4 is 5.82 Å². The molecule has 0 aliphatic rings. The van der Waals surface area contributed by atoms with E-state index < -0.39 is 0 Å². The minimum atomic E-state index is -0.374. The van der Waals surface area contributed by atoms with Crippen molar-refractivity contribution in [1.29, 1.82) is 0 Å². The van der Waals surface area contributed by atoms with Crippen LogP contribution in [-0.4, -0.2) is 14.1 Å². The molecule has 2 aromatic heterocycles. The van der Waals surface area contributed by atoms with Gasteiger partial charge >= 0.3 is 5.69 Å². The van der Waals surface area contributed by atoms with Crippen LogP contribution in [0.25, 0.3) is 0 Å². The third kappa shape index (κ3) is 2.10. The first-order valence-electron chi connectivity index (χ1n) is 5.05. The molecule has 0 saturated carbocycles. The van der Waals surface area contributed by atoms with E-state index in [1.807, 2.05) is 0 Å². The van der Waals surface area contributed by atoms with Crippen molar-refractivity contribution in [2.45, 2.75) is 6.54 Å². The van der Waals surface area contributed by atoms with Gasteiger partial charge in [-0.05, 0) is 6.07 Å². The first-order valence-corrected chi connectivity index (χ1v) is 5.05. The van der Waals surface area contributed by atoms with Crippen LogP contribution in [0.3, 0.4) is 0 Å². The van der Waals surface area contributed by atoms with Gasteiger partial charge in [0, 0.05) is 31.1 Å². The predicted octanol–water partition coefficient (Wildman–Crippen LogP) is -0.428. The maximum atomic E-state index is 11.8. The van der Waals surface area contributed by atoms with Crippen LogP contribution in [0.1, 0.15) is 5.56 Å². The smallest absolute Gasteiger partial charge is 0.331 e. The van der Waals surface area contributed by atoms with Gasteiger partial charge < -0.3 is 10.3 Å². The van der Waals surface area contributed by atoms with Crippen LogP contribution in [0.15, 0.2) is 40.2 Å². The molecule has 88 valence electrons. The highest BCUT2D eigenvalue weighted by molar-refractivity contribution is 5.38. The van der Waals surface area contributed by atoms with Gasteiger partial charge in [-0.25, -0.2) is 9.78 Å². The number of aromatic nitrogens is 3. The van der Waals surface area contributed by atoms with E-state index in [4.69, 9.17) is 5.73 Å². The average molecular weight is 232 g/mol. The molecule has 17 heavy (non-hydrogen) atoms. The fraction of sp³-hybridized carbons (Fsp3) is 0.182. The van der Waals surface area contributed by atoms with Crippen LogP contribution >= 0.6 is 0 Å². The van der Waals surface area contributed by atoms with Crippen molar-refractivity contribution in [2.75, 3.05) is 5.73 Å². The van der Waals surface area contributed by atoms with E-state index in [0.717, 1.165) is 4.57 Å². The number of rotatable bonds is 2. The predicted molar refractivity (Wildman–Crippen MR) is 63.7 cm³/mol. The zero-order valence-corrected chi connectivity index (χ0v) is 9.33. The van der Waals surface area contributed by atoms with Gasteiger partial charge in [0.1, 0.15) is 5.82 Å². The summed E-state index contributed by atoms with van der Waals surface area (Å²) in [4.78, 5) is 27.3. The summed E-state index contributed by atoms with van der Waals surface area (Å²) >= 11 is 0. The first-order chi connectivity index (χ1) is 8.09. The topological polar surface area (TPSA) is 82.9 Å². The standard InChI is InChI=1S/C11H12N4O2/c1-14-6-4-9(16)15(11(14)17)7-8-3-2-5-13-10(8)12/h2-6H,7H2,1H3,(H2,12,13). The molecule has 0 unspecified atom stereocenters. The number of anilines is 1. The number of hydrogen-bond donors (Lipinski definition) is 1. The molecule has 2 rings (SSSR count). The fourth-order valence-corrected chi connectivity index (χ4v) is 1.51. The molecule has 6 heteroatoms. The molecule has 2 heterocycles. The number of nitrogen functional groups attached to an aromatic ring is 1. The minimum Gasteiger partial charge on any atom is -0.383 e. The molecule has 0 aliphatic heterocycles. The minimum absolute atomic E-state index is 0.131. The number of nitrogens with zero attached hydrogens (tertiary/aromatic N) is 3. The molecular formula is C11H12N4O2. The fourth-order valence-electron chi connectivity index (χ4n) is 1.51. The third-order valence-electron chi connectivity index (χ3n) is 2.49. The van der Waals surface area contributed by atoms with Gasteiger partial charge in [0.2, 0.25) is 0 Å². The molecule has 2 N–H and O–H groups in total. The molecule has 0 fully saturated rings. The Labute approximate surface area is 97.0 Å². The van der Waals surface area contributed by atoms with Gasteiger partial charge in [-0.15, -0.1) is 0 Å². The summed E-state index contributed by atoms with van der Waals surface area (Å²) in [6.07, 6.45) is 3.00. The summed E-state index contributed by atoms with van der Waals surface area (Å²) in [5.41, 5.74) is 5.60. The van der Waals surface area contributed by atoms with Crippen LogP contribution in [0.5, 0.6) is 0 Å². The molecule has 0 saturated heterocycles. The summed E-state index contributed by atoms with van der Waals surface area (Å²) in [5, 5.41) is 0. The Morgan fingerprint density at radius 3 is 2.82 bits per heavy atom. The van der Waals surface area contributed by atoms with E-state index in [1.54, 1.807) is 25.4 Å². The van der Waals surface area contributed by atoms with Crippen LogP contribution in [-0.2, 0) is 13.6 Å². The van der Waals surface area contributed by atoms with Crippen LogP contribution < -0.4 is 17.0 Å². The van der Waals surface area contributed by atoms with E-state index in [2.05, 4.69) is 4.98 Å². The van der Waals surface area contributed by atoms with Crippen molar-refractivity contribution < 1.29 is 0 Å². The second-order valence-corrected chi connectivity index (χ2v) is 3.68. The Bertz CT molecular complexity index is 657. The quantitative estimate of drug-likeness (QED) is 0.761. The zero-order valence-electron chi connectivity index (χ0n) is 9.33. The Hall–Kier alpha value is -2.37. The molecule has 0 atom stereocenters. The van der Waals surface area contributed by atoms with Gasteiger partial charge in [0.25, 0.3) is 5.56 Å². The van der Waals surface area contributed by atoms with Crippen molar-refractivity contribution in [3.63, 3.8) is 0 Å². The molecular weight excluding hydrogens is 220 g/mol. The van der Waals surface area contributed by atoms with Gasteiger partial charge in [-0.2, -0.15) is 0 Å². The Morgan fingerprint density at radius 2 is 2.12 bits per heavy atom. The van der Waals surface area contributed by atoms with Crippen molar-refractivity contribution in [3.05, 3.63) is 57.0 Å². The van der Waals surface area contributed by atoms with Crippen LogP contribution in [0.2, 0.25) is 0 Å². The number of pyridine rings is 1. The molecule has 0 bridgehead atoms. The van der Waals surface area contributed by atoms with Gasteiger partial charge in [0.15, 0.2) is 0 Å². The monoisotopic (exact) mass is 232 g/mol. The summed E-state index contributed by atoms with van der Waals surface area (Å²) in [5.74, 6) is 0.324. The molecule has 0 aromatic carbocycles. The molecule has 0 amide bonds. The van der Waals surface area contributed by atoms with Crippen LogP contribution in [0.4, 0.5) is 5.82 Å². The summed E-state index contributed by atoms with van der Waals surface area (Å²) < 4.78 is 2.46. The first kappa shape index (κ1) is 11.1. The highest BCUT2D eigenvalue weighted by atomic mass is 16.2. The lowest BCUT2D eigenvalue weighted by molar-refractivity contribution is 0.639. The van der Waals surface area contributed by atoms with E-state index in [0.29, 0.717) is 11.4 Å². The van der Waals surface area contributed by atoms with E-state index >= 15 is 0 Å². The highest BCUT2D eigenvalue weighted by Crippen LogP contribution is 2.06. The van der Waals surface area contributed by atoms with Gasteiger partial charge in [-0.1, -0.05) is 6.07 Å². The normalized spacial score (nSPS) is 10.4. The lowest BCUT2D eigenvalue weighted by Gasteiger charge is -2.07. The molecule has 0 spiro atoms. The maximum Gasteiger partial charge on any atom is 0.331 e. The largest absolute Gasteiger partial charge is 0.383 e. The summed E-state index contributed by atoms with van der Waals surface area (Å²) in [6.45, 7) is 0.131. The molecule has 2 aromatic rings. The number of aryl methyl sites for hydroxylation is 1. The summed E-state index contributed by atoms with van der Waals surface area (Å²) in [7, 11) is 1.59. The second kappa shape index (κ2) is 4.25. The second-order valence-electron chi connectivity index (χ2n) is 3.68. The molecule has 6 nitrogen and oxygen atoms in total. The van der Waals surface area contributed by atoms with E-state index in [9.17, 15) is 9.59 Å². The van der Waals surface area contributed by atoms with Crippen LogP contribution in [0, 0.1) is 0 Å². The van der Waals surface area contributed by atoms with E-state index in [-0.39, 0.29) is 17.8 Å². The molecule has 0 radical (unpaired) electrons. The lowest BCUT2D eigenvalue weighted by atomic mass is 10.2. The van der Waals surface area contributed by atoms with Gasteiger partial charge in [-0.3, -0.25) is 9.36 Å². The third-order valence-corrected chi connectivity index (χ3v) is 2.49. The SMILES string of the molecule is Cn1ccc(=O)n(Cc2cccnc2N)c1=O. The highest BCUT2D eigenvalue weighted by Gasteiger charge is 2.06. The molecule has 0 aliphatic carbocycles. The van der Waals surface area contributed by atoms with Crippen molar-refractivity contribution in [2.24, 2.45) is 7.05 Å². The number of nitrogens with two attached hydrogens (primary N) is 1. The van der Waals surface area contributed by atoms with Crippen molar-refractivity contribution in [1.82, 2.24) is 14.1 Å². The Kier molecular flexibility index (Phi) is 2.78. The Morgan fingerprint density at radius 1 is 1.35 bits per heavy atom. The number of hydrogen-bond acceptors (Lipinski definition) is 4. The van der Waals surface area contributed by atoms with Crippen molar-refractivity contribution in [3.8, 4) is 0 Å². The lowest BCUT2D eigenvalue weighted by Crippen LogP contribution is -2.38. The van der Waals surface area contributed by atoms with E-state index in [1.165, 1.54) is 16.8 Å². The summed E-state index contributed by atoms with van der Waals surface area (Å²) in [6, 6.07) is 4.79. The van der Waals surface area contributed by atoms with Gasteiger partial charge in [0.05, 0.1) is 6.54 Å². The Balaban J connectivity index is 2.51. The maximum absolute atomic E-state index is 11.8. The zero-order chi connectivity index (χ0) is 12.4. The average Bonchev–Trinajstić information content (AvgIpc) is 2.32.